The summed E-state index contributed by atoms with van der Waals surface area (Å²) in [6, 6.07) is 3.31. The van der Waals surface area contributed by atoms with Crippen LogP contribution in [-0.4, -0.2) is 88.6 Å². The molecule has 0 saturated carbocycles. The van der Waals surface area contributed by atoms with Crippen molar-refractivity contribution < 1.29 is 42.9 Å². The summed E-state index contributed by atoms with van der Waals surface area (Å²) in [4.78, 5) is 81.1. The number of ether oxygens (including phenoxy) is 4. The second kappa shape index (κ2) is 15.5. The Labute approximate surface area is 296 Å². The van der Waals surface area contributed by atoms with Gasteiger partial charge in [-0.1, -0.05) is 11.3 Å². The third-order valence-corrected chi connectivity index (χ3v) is 9.56. The minimum Gasteiger partial charge on any atom is -0.493 e. The molecule has 0 aliphatic carbocycles. The lowest BCUT2D eigenvalue weighted by atomic mass is 10.1. The van der Waals surface area contributed by atoms with Gasteiger partial charge in [-0.2, -0.15) is 4.98 Å². The molecule has 0 radical (unpaired) electrons. The average molecular weight is 740 g/mol. The molecular weight excluding hydrogens is 711 g/mol. The van der Waals surface area contributed by atoms with Crippen molar-refractivity contribution >= 4 is 85.8 Å². The summed E-state index contributed by atoms with van der Waals surface area (Å²) in [7, 11) is 1.49. The second-order valence-corrected chi connectivity index (χ2v) is 13.2. The Kier molecular flexibility index (Phi) is 10.7. The number of amides is 3. The molecule has 2 aliphatic heterocycles. The van der Waals surface area contributed by atoms with Gasteiger partial charge in [0.2, 0.25) is 5.91 Å². The molecule has 3 aromatic heterocycles. The monoisotopic (exact) mass is 739 g/mol. The fraction of sp³-hybridized carbons (Fsp3) is 0.323. The molecule has 19 heteroatoms. The molecule has 50 heavy (non-hydrogen) atoms. The number of carbonyl (C=O) groups is 5. The van der Waals surface area contributed by atoms with E-state index in [9.17, 15) is 24.0 Å². The van der Waals surface area contributed by atoms with Gasteiger partial charge in [0, 0.05) is 41.4 Å². The van der Waals surface area contributed by atoms with Gasteiger partial charge in [-0.05, 0) is 32.3 Å². The lowest BCUT2D eigenvalue weighted by Crippen LogP contribution is -2.35. The van der Waals surface area contributed by atoms with E-state index in [2.05, 4.69) is 30.6 Å². The van der Waals surface area contributed by atoms with Gasteiger partial charge in [0.05, 0.1) is 37.6 Å². The summed E-state index contributed by atoms with van der Waals surface area (Å²) in [6.45, 7) is 2.74. The maximum absolute atomic E-state index is 13.1. The highest BCUT2D eigenvalue weighted by Gasteiger charge is 2.32. The molecule has 16 nitrogen and oxygen atoms in total. The van der Waals surface area contributed by atoms with E-state index < -0.39 is 17.8 Å². The van der Waals surface area contributed by atoms with Gasteiger partial charge in [-0.15, -0.1) is 22.7 Å². The highest BCUT2D eigenvalue weighted by molar-refractivity contribution is 7.14. The highest BCUT2D eigenvalue weighted by Crippen LogP contribution is 2.38. The number of anilines is 2. The van der Waals surface area contributed by atoms with E-state index in [-0.39, 0.29) is 70.0 Å². The Morgan fingerprint density at radius 1 is 0.940 bits per heavy atom. The first-order chi connectivity index (χ1) is 24.2. The van der Waals surface area contributed by atoms with Crippen LogP contribution in [0.2, 0.25) is 0 Å². The van der Waals surface area contributed by atoms with E-state index in [0.29, 0.717) is 35.7 Å². The number of rotatable bonds is 13. The van der Waals surface area contributed by atoms with E-state index in [0.717, 1.165) is 46.9 Å². The minimum atomic E-state index is -0.821. The van der Waals surface area contributed by atoms with Gasteiger partial charge in [0.1, 0.15) is 5.69 Å². The normalized spacial score (nSPS) is 14.7. The van der Waals surface area contributed by atoms with Crippen molar-refractivity contribution in [3.8, 4) is 16.7 Å². The summed E-state index contributed by atoms with van der Waals surface area (Å²) in [5.41, 5.74) is 0.963. The third kappa shape index (κ3) is 7.95. The fourth-order valence-electron chi connectivity index (χ4n) is 4.97. The molecule has 0 spiro atoms. The molecule has 0 unspecified atom stereocenters. The lowest BCUT2D eigenvalue weighted by molar-refractivity contribution is -0.116. The van der Waals surface area contributed by atoms with Gasteiger partial charge in [0.15, 0.2) is 33.1 Å². The van der Waals surface area contributed by atoms with Crippen LogP contribution in [0.25, 0.3) is 0 Å². The minimum absolute atomic E-state index is 0.0111. The Morgan fingerprint density at radius 3 is 2.48 bits per heavy atom. The molecule has 2 N–H and O–H groups in total. The number of nitrogens with one attached hydrogen (secondary N) is 2. The van der Waals surface area contributed by atoms with Crippen molar-refractivity contribution in [3.05, 3.63) is 50.9 Å². The number of methoxy groups -OCH3 is 1. The quantitative estimate of drug-likeness (QED) is 0.140. The zero-order chi connectivity index (χ0) is 35.2. The molecule has 260 valence electrons. The largest absolute Gasteiger partial charge is 0.493 e. The SMILES string of the molecule is CCOC(=O)c1csc(OC(=O)c2csc(NC(=O)c3csc(NC(=O)CCCOc4cc5c(cc4OC)C(=O)N4CCC[C@H]4C=N5)n3)n2)n1. The van der Waals surface area contributed by atoms with Crippen LogP contribution >= 0.6 is 34.0 Å². The van der Waals surface area contributed by atoms with Crippen molar-refractivity contribution in [3.63, 3.8) is 0 Å². The standard InChI is InChI=1S/C31H29N7O9S3/c1-3-45-27(42)20-15-50-31(35-20)47-28(43)21-14-49-30(34-21)37-25(40)19-13-48-29(33-19)36-24(39)7-5-9-46-23-11-18-17(10-22(23)44-2)26(41)38-8-4-6-16(38)12-32-18/h10-16H,3-9H2,1-2H3,(H,33,36,39)(H,34,37,40)/t16-/m0/s1. The van der Waals surface area contributed by atoms with Gasteiger partial charge >= 0.3 is 11.9 Å². The molecule has 2 aliphatic rings. The molecule has 1 aromatic carbocycles. The number of esters is 2. The first-order valence-electron chi connectivity index (χ1n) is 15.3. The summed E-state index contributed by atoms with van der Waals surface area (Å²) in [5, 5.41) is 9.81. The molecular formula is C31H29N7O9S3. The van der Waals surface area contributed by atoms with Crippen LogP contribution < -0.4 is 24.8 Å². The summed E-state index contributed by atoms with van der Waals surface area (Å²) < 4.78 is 21.4. The van der Waals surface area contributed by atoms with Crippen molar-refractivity contribution in [2.75, 3.05) is 37.5 Å². The predicted molar refractivity (Wildman–Crippen MR) is 184 cm³/mol. The van der Waals surface area contributed by atoms with Crippen LogP contribution in [0, 0.1) is 0 Å². The molecule has 0 bridgehead atoms. The third-order valence-electron chi connectivity index (χ3n) is 7.33. The predicted octanol–water partition coefficient (Wildman–Crippen LogP) is 4.83. The molecule has 4 aromatic rings. The number of nitrogens with zero attached hydrogens (tertiary/aromatic N) is 5. The Morgan fingerprint density at radius 2 is 1.68 bits per heavy atom. The number of fused-ring (bicyclic) bond motifs is 2. The number of aliphatic imine (C=N–C) groups is 1. The number of benzene rings is 1. The number of hydrogen-bond donors (Lipinski definition) is 2. The molecule has 1 atom stereocenters. The van der Waals surface area contributed by atoms with Crippen LogP contribution in [0.1, 0.15) is 74.4 Å². The summed E-state index contributed by atoms with van der Waals surface area (Å²) in [6.07, 6.45) is 4.11. The Bertz CT molecular complexity index is 1970. The average Bonchev–Trinajstić information content (AvgIpc) is 3.93. The second-order valence-electron chi connectivity index (χ2n) is 10.6. The molecule has 6 rings (SSSR count). The number of aromatic nitrogens is 3. The zero-order valence-corrected chi connectivity index (χ0v) is 29.1. The van der Waals surface area contributed by atoms with Crippen LogP contribution in [0.3, 0.4) is 0 Å². The van der Waals surface area contributed by atoms with Crippen molar-refractivity contribution in [1.82, 2.24) is 19.9 Å². The van der Waals surface area contributed by atoms with Crippen molar-refractivity contribution in [2.45, 2.75) is 38.6 Å². The maximum Gasteiger partial charge on any atom is 0.365 e. The van der Waals surface area contributed by atoms with Crippen LogP contribution in [0.15, 0.2) is 33.3 Å². The summed E-state index contributed by atoms with van der Waals surface area (Å²) >= 11 is 3.02. The fourth-order valence-corrected chi connectivity index (χ4v) is 6.99. The van der Waals surface area contributed by atoms with Gasteiger partial charge < -0.3 is 29.2 Å². The molecule has 1 fully saturated rings. The first-order valence-corrected chi connectivity index (χ1v) is 17.9. The van der Waals surface area contributed by atoms with Crippen LogP contribution in [-0.2, 0) is 9.53 Å². The van der Waals surface area contributed by atoms with Crippen molar-refractivity contribution in [1.29, 1.82) is 0 Å². The van der Waals surface area contributed by atoms with E-state index >= 15 is 0 Å². The molecule has 1 saturated heterocycles. The zero-order valence-electron chi connectivity index (χ0n) is 26.6. The van der Waals surface area contributed by atoms with Gasteiger partial charge in [-0.25, -0.2) is 19.6 Å². The number of hydrogen-bond acceptors (Lipinski definition) is 16. The topological polar surface area (TPSA) is 201 Å². The van der Waals surface area contributed by atoms with E-state index in [1.165, 1.54) is 23.2 Å². The van der Waals surface area contributed by atoms with Crippen LogP contribution in [0.4, 0.5) is 16.0 Å². The number of thiazole rings is 3. The van der Waals surface area contributed by atoms with E-state index in [1.807, 2.05) is 4.90 Å². The number of carbonyl (C=O) groups excluding carboxylic acids is 5. The van der Waals surface area contributed by atoms with Gasteiger partial charge in [-0.3, -0.25) is 24.7 Å². The van der Waals surface area contributed by atoms with E-state index in [1.54, 1.807) is 25.3 Å². The van der Waals surface area contributed by atoms with Crippen LogP contribution in [0.5, 0.6) is 16.7 Å². The Balaban J connectivity index is 0.956. The first kappa shape index (κ1) is 34.6. The molecule has 3 amide bonds. The van der Waals surface area contributed by atoms with Gasteiger partial charge in [0.25, 0.3) is 17.0 Å². The van der Waals surface area contributed by atoms with Crippen molar-refractivity contribution in [2.24, 2.45) is 4.99 Å². The highest BCUT2D eigenvalue weighted by atomic mass is 32.1. The lowest BCUT2D eigenvalue weighted by Gasteiger charge is -2.20. The maximum atomic E-state index is 13.1. The Hall–Kier alpha value is -5.27. The summed E-state index contributed by atoms with van der Waals surface area (Å²) in [5.74, 6) is -1.63. The smallest absolute Gasteiger partial charge is 0.365 e. The van der Waals surface area contributed by atoms with E-state index in [4.69, 9.17) is 18.9 Å². The molecule has 5 heterocycles.